The molecule has 0 atom stereocenters. The fourth-order valence-electron chi connectivity index (χ4n) is 6.15. The lowest BCUT2D eigenvalue weighted by atomic mass is 9.32. The first-order valence-corrected chi connectivity index (χ1v) is 13.3. The van der Waals surface area contributed by atoms with Crippen LogP contribution in [-0.2, 0) is 10.8 Å². The maximum Gasteiger partial charge on any atom is 0.247 e. The first-order chi connectivity index (χ1) is 16.1. The summed E-state index contributed by atoms with van der Waals surface area (Å²) < 4.78 is 0. The third-order valence-corrected chi connectivity index (χ3v) is 8.56. The molecule has 2 heterocycles. The van der Waals surface area contributed by atoms with Gasteiger partial charge in [0.1, 0.15) is 0 Å². The predicted octanol–water partition coefficient (Wildman–Crippen LogP) is 6.98. The quantitative estimate of drug-likeness (QED) is 0.387. The van der Waals surface area contributed by atoms with Gasteiger partial charge in [-0.15, -0.1) is 0 Å². The molecule has 0 spiro atoms. The van der Waals surface area contributed by atoms with Crippen molar-refractivity contribution in [2.45, 2.75) is 86.0 Å². The first-order valence-electron chi connectivity index (χ1n) is 13.3. The van der Waals surface area contributed by atoms with E-state index in [-0.39, 0.29) is 16.2 Å². The van der Waals surface area contributed by atoms with E-state index in [4.69, 9.17) is 0 Å². The van der Waals surface area contributed by atoms with E-state index in [1.165, 1.54) is 44.8 Å². The van der Waals surface area contributed by atoms with E-state index in [0.717, 1.165) is 12.8 Å². The van der Waals surface area contributed by atoms with E-state index in [2.05, 4.69) is 123 Å². The van der Waals surface area contributed by atoms with Crippen LogP contribution in [0.25, 0.3) is 0 Å². The molecule has 5 rings (SSSR count). The van der Waals surface area contributed by atoms with Crippen molar-refractivity contribution >= 4 is 34.7 Å². The van der Waals surface area contributed by atoms with E-state index < -0.39 is 0 Å². The van der Waals surface area contributed by atoms with Crippen LogP contribution in [0.1, 0.15) is 86.3 Å². The van der Waals surface area contributed by atoms with Crippen molar-refractivity contribution in [2.75, 3.05) is 23.9 Å². The van der Waals surface area contributed by atoms with Gasteiger partial charge in [0.2, 0.25) is 6.71 Å². The van der Waals surface area contributed by atoms with Gasteiger partial charge in [-0.25, -0.2) is 0 Å². The molecule has 2 nitrogen and oxygen atoms in total. The van der Waals surface area contributed by atoms with E-state index in [1.807, 2.05) is 0 Å². The SMILES string of the molecule is CN1C2=C(CCC(C(C)(C)C)=C2)B2c3ccc(C(C)(C)C)cc3N(C)c3cc(C(C)(C)C)cc1c32. The zero-order valence-electron chi connectivity index (χ0n) is 23.9. The highest BCUT2D eigenvalue weighted by Crippen LogP contribution is 2.45. The lowest BCUT2D eigenvalue weighted by Crippen LogP contribution is -2.57. The number of allylic oxidation sites excluding steroid dienone is 3. The van der Waals surface area contributed by atoms with Crippen molar-refractivity contribution in [1.82, 2.24) is 0 Å². The van der Waals surface area contributed by atoms with Crippen LogP contribution in [0.2, 0.25) is 0 Å². The Kier molecular flexibility index (Phi) is 5.23. The van der Waals surface area contributed by atoms with Crippen LogP contribution >= 0.6 is 0 Å². The Bertz CT molecular complexity index is 1270. The Balaban J connectivity index is 1.82. The Morgan fingerprint density at radius 2 is 1.23 bits per heavy atom. The molecule has 0 radical (unpaired) electrons. The van der Waals surface area contributed by atoms with Crippen LogP contribution in [0.5, 0.6) is 0 Å². The molecule has 1 aliphatic carbocycles. The second kappa shape index (κ2) is 7.54. The average Bonchev–Trinajstić information content (AvgIpc) is 2.75. The van der Waals surface area contributed by atoms with E-state index >= 15 is 0 Å². The van der Waals surface area contributed by atoms with E-state index in [1.54, 1.807) is 11.0 Å². The Morgan fingerprint density at radius 1 is 0.657 bits per heavy atom. The molecule has 0 unspecified atom stereocenters. The minimum atomic E-state index is 0.0872. The van der Waals surface area contributed by atoms with Gasteiger partial charge in [-0.1, -0.05) is 85.5 Å². The minimum absolute atomic E-state index is 0.0872. The summed E-state index contributed by atoms with van der Waals surface area (Å²) in [4.78, 5) is 4.96. The molecule has 2 aromatic rings. The highest BCUT2D eigenvalue weighted by Gasteiger charge is 2.44. The van der Waals surface area contributed by atoms with Gasteiger partial charge in [-0.05, 0) is 75.4 Å². The largest absolute Gasteiger partial charge is 0.346 e. The molecule has 2 aromatic carbocycles. The number of rotatable bonds is 0. The normalized spacial score (nSPS) is 17.8. The molecule has 0 N–H and O–H groups in total. The fraction of sp³-hybridized carbons (Fsp3) is 0.500. The number of fused-ring (bicyclic) bond motifs is 3. The molecule has 0 amide bonds. The molecular formula is C32H43BN2. The average molecular weight is 467 g/mol. The van der Waals surface area contributed by atoms with Gasteiger partial charge in [0, 0.05) is 36.9 Å². The van der Waals surface area contributed by atoms with Gasteiger partial charge >= 0.3 is 0 Å². The second-order valence-electron chi connectivity index (χ2n) is 14.1. The summed E-state index contributed by atoms with van der Waals surface area (Å²) in [5.74, 6) is 0. The number of hydrogen-bond acceptors (Lipinski definition) is 2. The summed E-state index contributed by atoms with van der Waals surface area (Å²) in [5.41, 5.74) is 14.9. The zero-order valence-corrected chi connectivity index (χ0v) is 23.9. The van der Waals surface area contributed by atoms with Crippen molar-refractivity contribution in [3.05, 3.63) is 64.3 Å². The molecule has 3 heteroatoms. The lowest BCUT2D eigenvalue weighted by Gasteiger charge is -2.45. The minimum Gasteiger partial charge on any atom is -0.346 e. The highest BCUT2D eigenvalue weighted by atomic mass is 15.2. The van der Waals surface area contributed by atoms with Crippen LogP contribution in [0.4, 0.5) is 17.1 Å². The summed E-state index contributed by atoms with van der Waals surface area (Å²) in [6.45, 7) is 21.4. The highest BCUT2D eigenvalue weighted by molar-refractivity contribution is 6.95. The molecule has 2 aliphatic heterocycles. The summed E-state index contributed by atoms with van der Waals surface area (Å²) in [7, 11) is 4.56. The number of benzene rings is 2. The first kappa shape index (κ1) is 24.3. The van der Waals surface area contributed by atoms with Crippen molar-refractivity contribution in [1.29, 1.82) is 0 Å². The van der Waals surface area contributed by atoms with Crippen LogP contribution in [0.3, 0.4) is 0 Å². The number of likely N-dealkylation sites (N-methyl/N-ethyl adjacent to an activating group) is 1. The van der Waals surface area contributed by atoms with Crippen molar-refractivity contribution in [3.8, 4) is 0 Å². The summed E-state index contributed by atoms with van der Waals surface area (Å²) in [6.07, 6.45) is 4.81. The number of hydrogen-bond donors (Lipinski definition) is 0. The van der Waals surface area contributed by atoms with Gasteiger partial charge < -0.3 is 9.80 Å². The van der Waals surface area contributed by atoms with E-state index in [0.29, 0.717) is 6.71 Å². The van der Waals surface area contributed by atoms with E-state index in [9.17, 15) is 0 Å². The van der Waals surface area contributed by atoms with Gasteiger partial charge in [-0.2, -0.15) is 0 Å². The molecule has 0 fully saturated rings. The van der Waals surface area contributed by atoms with Gasteiger partial charge in [0.25, 0.3) is 0 Å². The van der Waals surface area contributed by atoms with Crippen molar-refractivity contribution in [3.63, 3.8) is 0 Å². The third kappa shape index (κ3) is 3.77. The van der Waals surface area contributed by atoms with Gasteiger partial charge in [0.05, 0.1) is 0 Å². The Hall–Kier alpha value is -2.42. The smallest absolute Gasteiger partial charge is 0.247 e. The van der Waals surface area contributed by atoms with Crippen LogP contribution in [0, 0.1) is 5.41 Å². The van der Waals surface area contributed by atoms with Crippen LogP contribution in [0.15, 0.2) is 53.2 Å². The standard InChI is InChI=1S/C32H43BN2/c1-30(2,3)20-12-14-23-25(16-20)34(10)27-18-22(32(7,8)9)19-28-29(27)33(23)24-15-13-21(31(4,5)6)17-26(24)35(28)11/h12,14,16-19H,13,15H2,1-11H3. The van der Waals surface area contributed by atoms with Crippen molar-refractivity contribution < 1.29 is 0 Å². The fourth-order valence-corrected chi connectivity index (χ4v) is 6.15. The van der Waals surface area contributed by atoms with Crippen molar-refractivity contribution in [2.24, 2.45) is 5.41 Å². The predicted molar refractivity (Wildman–Crippen MR) is 156 cm³/mol. The van der Waals surface area contributed by atoms with Crippen LogP contribution < -0.4 is 20.7 Å². The summed E-state index contributed by atoms with van der Waals surface area (Å²) in [6, 6.07) is 12.2. The molecule has 0 saturated heterocycles. The second-order valence-corrected chi connectivity index (χ2v) is 14.1. The molecule has 3 aliphatic rings. The molecular weight excluding hydrogens is 423 g/mol. The Labute approximate surface area is 214 Å². The monoisotopic (exact) mass is 466 g/mol. The third-order valence-electron chi connectivity index (χ3n) is 8.56. The number of anilines is 3. The molecule has 0 saturated carbocycles. The molecule has 184 valence electrons. The lowest BCUT2D eigenvalue weighted by molar-refractivity contribution is 0.479. The maximum atomic E-state index is 2.52. The van der Waals surface area contributed by atoms with Gasteiger partial charge in [-0.3, -0.25) is 0 Å². The molecule has 35 heavy (non-hydrogen) atoms. The Morgan fingerprint density at radius 3 is 1.80 bits per heavy atom. The van der Waals surface area contributed by atoms with Gasteiger partial charge in [0.15, 0.2) is 0 Å². The summed E-state index contributed by atoms with van der Waals surface area (Å²) in [5, 5.41) is 0. The van der Waals surface area contributed by atoms with Crippen LogP contribution in [-0.4, -0.2) is 20.8 Å². The summed E-state index contributed by atoms with van der Waals surface area (Å²) >= 11 is 0. The molecule has 0 aromatic heterocycles. The maximum absolute atomic E-state index is 2.52. The molecule has 0 bridgehead atoms. The number of nitrogens with zero attached hydrogens (tertiary/aromatic N) is 2. The zero-order chi connectivity index (χ0) is 25.7. The topological polar surface area (TPSA) is 6.48 Å².